The van der Waals surface area contributed by atoms with Crippen molar-refractivity contribution >= 4 is 22.9 Å². The number of carbonyl (C=O) groups excluding carboxylic acids is 1. The molecule has 0 fully saturated rings. The van der Waals surface area contributed by atoms with Crippen molar-refractivity contribution in [2.24, 2.45) is 0 Å². The number of benzene rings is 1. The first-order valence-corrected chi connectivity index (χ1v) is 7.20. The van der Waals surface area contributed by atoms with Gasteiger partial charge in [0.15, 0.2) is 0 Å². The molecule has 0 aliphatic rings. The highest BCUT2D eigenvalue weighted by molar-refractivity contribution is 7.12. The molecule has 5 heteroatoms. The number of anilines is 1. The number of hydrogen-bond acceptors (Lipinski definition) is 4. The Morgan fingerprint density at radius 1 is 1.30 bits per heavy atom. The highest BCUT2D eigenvalue weighted by atomic mass is 32.1. The molecule has 1 heterocycles. The molecule has 2 aromatic rings. The molecule has 0 spiro atoms. The summed E-state index contributed by atoms with van der Waals surface area (Å²) in [7, 11) is 1.58. The predicted octanol–water partition coefficient (Wildman–Crippen LogP) is 3.72. The van der Waals surface area contributed by atoms with Gasteiger partial charge in [0.25, 0.3) is 5.91 Å². The summed E-state index contributed by atoms with van der Waals surface area (Å²) in [5, 5.41) is 4.74. The molecule has 1 aromatic carbocycles. The van der Waals surface area contributed by atoms with Gasteiger partial charge >= 0.3 is 0 Å². The highest BCUT2D eigenvalue weighted by Crippen LogP contribution is 2.31. The molecule has 1 amide bonds. The predicted molar refractivity (Wildman–Crippen MR) is 81.2 cm³/mol. The molecule has 0 unspecified atom stereocenters. The SMILES string of the molecule is CCOc1ccsc1C(=O)Nc1c(C)cccc1OC. The van der Waals surface area contributed by atoms with Crippen LogP contribution in [-0.2, 0) is 0 Å². The van der Waals surface area contributed by atoms with Crippen molar-refractivity contribution in [3.63, 3.8) is 0 Å². The summed E-state index contributed by atoms with van der Waals surface area (Å²) in [6, 6.07) is 7.44. The van der Waals surface area contributed by atoms with E-state index in [1.165, 1.54) is 11.3 Å². The Bertz CT molecular complexity index is 607. The zero-order valence-corrected chi connectivity index (χ0v) is 12.5. The normalized spacial score (nSPS) is 10.2. The van der Waals surface area contributed by atoms with Crippen LogP contribution in [0.25, 0.3) is 0 Å². The van der Waals surface area contributed by atoms with E-state index >= 15 is 0 Å². The summed E-state index contributed by atoms with van der Waals surface area (Å²) in [5.41, 5.74) is 1.64. The fraction of sp³-hybridized carbons (Fsp3) is 0.267. The number of para-hydroxylation sites is 1. The second kappa shape index (κ2) is 6.43. The van der Waals surface area contributed by atoms with Gasteiger partial charge < -0.3 is 14.8 Å². The Morgan fingerprint density at radius 2 is 2.10 bits per heavy atom. The molecule has 0 aliphatic carbocycles. The lowest BCUT2D eigenvalue weighted by Gasteiger charge is -2.12. The second-order valence-electron chi connectivity index (χ2n) is 4.15. The van der Waals surface area contributed by atoms with E-state index in [2.05, 4.69) is 5.32 Å². The Morgan fingerprint density at radius 3 is 2.80 bits per heavy atom. The first-order valence-electron chi connectivity index (χ1n) is 6.32. The minimum atomic E-state index is -0.184. The molecule has 0 atom stereocenters. The zero-order chi connectivity index (χ0) is 14.5. The van der Waals surface area contributed by atoms with Crippen molar-refractivity contribution in [1.29, 1.82) is 0 Å². The third-order valence-corrected chi connectivity index (χ3v) is 3.72. The van der Waals surface area contributed by atoms with Gasteiger partial charge in [-0.25, -0.2) is 0 Å². The molecule has 4 nitrogen and oxygen atoms in total. The number of thiophene rings is 1. The van der Waals surface area contributed by atoms with Crippen LogP contribution in [0.4, 0.5) is 5.69 Å². The maximum Gasteiger partial charge on any atom is 0.269 e. The van der Waals surface area contributed by atoms with E-state index in [1.54, 1.807) is 13.2 Å². The molecule has 106 valence electrons. The van der Waals surface area contributed by atoms with Crippen LogP contribution in [0.3, 0.4) is 0 Å². The third-order valence-electron chi connectivity index (χ3n) is 2.83. The van der Waals surface area contributed by atoms with Crippen LogP contribution in [0.5, 0.6) is 11.5 Å². The summed E-state index contributed by atoms with van der Waals surface area (Å²) in [6.45, 7) is 4.35. The van der Waals surface area contributed by atoms with Crippen LogP contribution in [0.15, 0.2) is 29.6 Å². The van der Waals surface area contributed by atoms with Gasteiger partial charge in [-0.05, 0) is 36.9 Å². The number of aryl methyl sites for hydroxylation is 1. The highest BCUT2D eigenvalue weighted by Gasteiger charge is 2.17. The van der Waals surface area contributed by atoms with Gasteiger partial charge in [0.2, 0.25) is 0 Å². The fourth-order valence-electron chi connectivity index (χ4n) is 1.87. The molecule has 0 saturated carbocycles. The van der Waals surface area contributed by atoms with Crippen molar-refractivity contribution in [2.75, 3.05) is 19.0 Å². The van der Waals surface area contributed by atoms with E-state index in [4.69, 9.17) is 9.47 Å². The van der Waals surface area contributed by atoms with Gasteiger partial charge in [0.05, 0.1) is 19.4 Å². The standard InChI is InChI=1S/C15H17NO3S/c1-4-19-12-8-9-20-14(12)15(17)16-13-10(2)6-5-7-11(13)18-3/h5-9H,4H2,1-3H3,(H,16,17). The van der Waals surface area contributed by atoms with E-state index in [-0.39, 0.29) is 5.91 Å². The summed E-state index contributed by atoms with van der Waals surface area (Å²) in [4.78, 5) is 12.9. The van der Waals surface area contributed by atoms with Crippen molar-refractivity contribution in [3.05, 3.63) is 40.1 Å². The summed E-state index contributed by atoms with van der Waals surface area (Å²) < 4.78 is 10.7. The van der Waals surface area contributed by atoms with E-state index in [0.717, 1.165) is 5.56 Å². The zero-order valence-electron chi connectivity index (χ0n) is 11.7. The van der Waals surface area contributed by atoms with E-state index < -0.39 is 0 Å². The maximum atomic E-state index is 12.4. The van der Waals surface area contributed by atoms with Crippen molar-refractivity contribution in [3.8, 4) is 11.5 Å². The van der Waals surface area contributed by atoms with Crippen LogP contribution >= 0.6 is 11.3 Å². The fourth-order valence-corrected chi connectivity index (χ4v) is 2.60. The number of rotatable bonds is 5. The first-order chi connectivity index (χ1) is 9.67. The molecular weight excluding hydrogens is 274 g/mol. The van der Waals surface area contributed by atoms with E-state index in [1.807, 2.05) is 37.4 Å². The molecule has 20 heavy (non-hydrogen) atoms. The van der Waals surface area contributed by atoms with E-state index in [0.29, 0.717) is 28.7 Å². The van der Waals surface area contributed by atoms with Crippen molar-refractivity contribution < 1.29 is 14.3 Å². The molecule has 1 aromatic heterocycles. The van der Waals surface area contributed by atoms with Crippen LogP contribution in [-0.4, -0.2) is 19.6 Å². The van der Waals surface area contributed by atoms with Crippen LogP contribution in [0.1, 0.15) is 22.2 Å². The number of ether oxygens (including phenoxy) is 2. The van der Waals surface area contributed by atoms with Crippen LogP contribution in [0.2, 0.25) is 0 Å². The third kappa shape index (κ3) is 2.93. The topological polar surface area (TPSA) is 47.6 Å². The smallest absolute Gasteiger partial charge is 0.269 e. The molecule has 0 radical (unpaired) electrons. The lowest BCUT2D eigenvalue weighted by Crippen LogP contribution is -2.13. The number of carbonyl (C=O) groups is 1. The van der Waals surface area contributed by atoms with E-state index in [9.17, 15) is 4.79 Å². The Labute approximate surface area is 122 Å². The van der Waals surface area contributed by atoms with Gasteiger partial charge in [-0.1, -0.05) is 12.1 Å². The maximum absolute atomic E-state index is 12.4. The van der Waals surface area contributed by atoms with Gasteiger partial charge in [-0.3, -0.25) is 4.79 Å². The minimum absolute atomic E-state index is 0.184. The van der Waals surface area contributed by atoms with Crippen molar-refractivity contribution in [2.45, 2.75) is 13.8 Å². The lowest BCUT2D eigenvalue weighted by molar-refractivity contribution is 0.102. The molecule has 2 rings (SSSR count). The molecule has 0 bridgehead atoms. The van der Waals surface area contributed by atoms with Crippen LogP contribution in [0, 0.1) is 6.92 Å². The molecule has 0 aliphatic heterocycles. The molecule has 0 saturated heterocycles. The number of hydrogen-bond donors (Lipinski definition) is 1. The summed E-state index contributed by atoms with van der Waals surface area (Å²) in [6.07, 6.45) is 0. The van der Waals surface area contributed by atoms with Gasteiger partial charge in [-0.2, -0.15) is 0 Å². The summed E-state index contributed by atoms with van der Waals surface area (Å²) >= 11 is 1.36. The van der Waals surface area contributed by atoms with Crippen LogP contribution < -0.4 is 14.8 Å². The second-order valence-corrected chi connectivity index (χ2v) is 5.07. The minimum Gasteiger partial charge on any atom is -0.495 e. The Balaban J connectivity index is 2.26. The molecular formula is C15H17NO3S. The van der Waals surface area contributed by atoms with Gasteiger partial charge in [-0.15, -0.1) is 11.3 Å². The Hall–Kier alpha value is -2.01. The molecule has 1 N–H and O–H groups in total. The average Bonchev–Trinajstić information content (AvgIpc) is 2.89. The first kappa shape index (κ1) is 14.4. The Kier molecular flexibility index (Phi) is 4.63. The largest absolute Gasteiger partial charge is 0.495 e. The summed E-state index contributed by atoms with van der Waals surface area (Å²) in [5.74, 6) is 1.08. The monoisotopic (exact) mass is 291 g/mol. The number of methoxy groups -OCH3 is 1. The van der Waals surface area contributed by atoms with Gasteiger partial charge in [0, 0.05) is 0 Å². The number of nitrogens with one attached hydrogen (secondary N) is 1. The number of amides is 1. The average molecular weight is 291 g/mol. The lowest BCUT2D eigenvalue weighted by atomic mass is 10.2. The quantitative estimate of drug-likeness (QED) is 0.913. The van der Waals surface area contributed by atoms with Gasteiger partial charge in [0.1, 0.15) is 16.4 Å². The van der Waals surface area contributed by atoms with Crippen molar-refractivity contribution in [1.82, 2.24) is 0 Å².